The number of nitrogens with one attached hydrogen (secondary N) is 3. The Labute approximate surface area is 142 Å². The van der Waals surface area contributed by atoms with Gasteiger partial charge < -0.3 is 10.1 Å². The molecular weight excluding hydrogens is 332 g/mol. The van der Waals surface area contributed by atoms with Gasteiger partial charge in [-0.1, -0.05) is 11.8 Å². The Bertz CT molecular complexity index is 766. The molecule has 1 unspecified atom stereocenters. The minimum absolute atomic E-state index is 0.191. The van der Waals surface area contributed by atoms with Crippen LogP contribution in [-0.4, -0.2) is 38.4 Å². The van der Waals surface area contributed by atoms with Crippen molar-refractivity contribution in [1.29, 1.82) is 0 Å². The van der Waals surface area contributed by atoms with Gasteiger partial charge in [-0.3, -0.25) is 9.78 Å². The number of thioether (sulfide) groups is 1. The van der Waals surface area contributed by atoms with Crippen molar-refractivity contribution in [3.8, 4) is 0 Å². The van der Waals surface area contributed by atoms with E-state index in [-0.39, 0.29) is 12.0 Å². The van der Waals surface area contributed by atoms with E-state index in [1.165, 1.54) is 0 Å². The third kappa shape index (κ3) is 4.98. The fourth-order valence-corrected chi connectivity index (χ4v) is 2.50. The first-order valence-electron chi connectivity index (χ1n) is 7.28. The van der Waals surface area contributed by atoms with E-state index < -0.39 is 16.9 Å². The lowest BCUT2D eigenvalue weighted by molar-refractivity contribution is -0.115. The number of benzene rings is 1. The van der Waals surface area contributed by atoms with Gasteiger partial charge in [0.15, 0.2) is 5.16 Å². The first-order chi connectivity index (χ1) is 11.3. The molecule has 24 heavy (non-hydrogen) atoms. The molecule has 0 fully saturated rings. The fraction of sp³-hybridized carbons (Fsp3) is 0.333. The topological polar surface area (TPSA) is 117 Å². The number of rotatable bonds is 6. The van der Waals surface area contributed by atoms with E-state index in [9.17, 15) is 14.4 Å². The summed E-state index contributed by atoms with van der Waals surface area (Å²) in [6, 6.07) is 6.43. The van der Waals surface area contributed by atoms with E-state index in [4.69, 9.17) is 4.74 Å². The van der Waals surface area contributed by atoms with Crippen LogP contribution in [0.1, 0.15) is 31.1 Å². The van der Waals surface area contributed by atoms with E-state index in [1.54, 1.807) is 45.0 Å². The van der Waals surface area contributed by atoms with Gasteiger partial charge in [0, 0.05) is 5.69 Å². The zero-order valence-electron chi connectivity index (χ0n) is 13.5. The summed E-state index contributed by atoms with van der Waals surface area (Å²) in [5, 5.41) is 8.59. The van der Waals surface area contributed by atoms with Crippen molar-refractivity contribution in [2.75, 3.05) is 5.32 Å². The van der Waals surface area contributed by atoms with E-state index in [0.717, 1.165) is 11.8 Å². The monoisotopic (exact) mass is 350 g/mol. The minimum atomic E-state index is -0.463. The summed E-state index contributed by atoms with van der Waals surface area (Å²) in [4.78, 5) is 37.3. The maximum atomic E-state index is 12.1. The standard InChI is InChI=1S/C15H18N4O4S/c1-8(2)23-13(21)10-4-6-11(7-5-10)16-12(20)9(3)24-15-17-14(22)18-19-15/h4-9H,1-3H3,(H,16,20)(H2,17,18,19,22). The second-order valence-electron chi connectivity index (χ2n) is 5.26. The van der Waals surface area contributed by atoms with Crippen molar-refractivity contribution < 1.29 is 14.3 Å². The normalized spacial score (nSPS) is 12.0. The van der Waals surface area contributed by atoms with Crippen LogP contribution in [0.4, 0.5) is 5.69 Å². The van der Waals surface area contributed by atoms with Gasteiger partial charge in [-0.25, -0.2) is 14.7 Å². The van der Waals surface area contributed by atoms with Crippen molar-refractivity contribution in [2.45, 2.75) is 37.3 Å². The van der Waals surface area contributed by atoms with Gasteiger partial charge in [0.25, 0.3) is 0 Å². The summed E-state index contributed by atoms with van der Waals surface area (Å²) >= 11 is 1.12. The van der Waals surface area contributed by atoms with Crippen molar-refractivity contribution in [1.82, 2.24) is 15.2 Å². The number of ether oxygens (including phenoxy) is 1. The highest BCUT2D eigenvalue weighted by atomic mass is 32.2. The molecule has 1 aromatic carbocycles. The molecule has 2 aromatic rings. The summed E-state index contributed by atoms with van der Waals surface area (Å²) in [5.74, 6) is -0.657. The Morgan fingerprint density at radius 1 is 1.21 bits per heavy atom. The molecule has 3 N–H and O–H groups in total. The highest BCUT2D eigenvalue weighted by Gasteiger charge is 2.17. The Morgan fingerprint density at radius 3 is 2.42 bits per heavy atom. The molecule has 0 aliphatic heterocycles. The van der Waals surface area contributed by atoms with Crippen LogP contribution in [0, 0.1) is 0 Å². The molecule has 9 heteroatoms. The Kier molecular flexibility index (Phi) is 5.80. The molecule has 0 spiro atoms. The Morgan fingerprint density at radius 2 is 1.88 bits per heavy atom. The molecule has 0 aliphatic carbocycles. The van der Waals surface area contributed by atoms with Gasteiger partial charge in [0.1, 0.15) is 0 Å². The van der Waals surface area contributed by atoms with Crippen molar-refractivity contribution >= 4 is 29.3 Å². The maximum Gasteiger partial charge on any atom is 0.341 e. The van der Waals surface area contributed by atoms with E-state index in [0.29, 0.717) is 16.4 Å². The van der Waals surface area contributed by atoms with Gasteiger partial charge in [-0.2, -0.15) is 0 Å². The predicted molar refractivity (Wildman–Crippen MR) is 90.2 cm³/mol. The lowest BCUT2D eigenvalue weighted by Gasteiger charge is -2.11. The number of aromatic amines is 2. The van der Waals surface area contributed by atoms with Crippen molar-refractivity contribution in [3.63, 3.8) is 0 Å². The van der Waals surface area contributed by atoms with Crippen LogP contribution < -0.4 is 11.0 Å². The third-order valence-corrected chi connectivity index (χ3v) is 3.85. The summed E-state index contributed by atoms with van der Waals surface area (Å²) in [6.07, 6.45) is -0.191. The second-order valence-corrected chi connectivity index (χ2v) is 6.59. The van der Waals surface area contributed by atoms with Gasteiger partial charge in [-0.05, 0) is 45.0 Å². The van der Waals surface area contributed by atoms with Gasteiger partial charge in [-0.15, -0.1) is 5.10 Å². The van der Waals surface area contributed by atoms with Gasteiger partial charge >= 0.3 is 11.7 Å². The molecule has 128 valence electrons. The minimum Gasteiger partial charge on any atom is -0.459 e. The van der Waals surface area contributed by atoms with Crippen LogP contribution in [0.3, 0.4) is 0 Å². The van der Waals surface area contributed by atoms with Crippen LogP contribution in [0.25, 0.3) is 0 Å². The molecule has 1 amide bonds. The SMILES string of the molecule is CC(C)OC(=O)c1ccc(NC(=O)C(C)Sc2n[nH]c(=O)[nH]2)cc1. The number of nitrogens with zero attached hydrogens (tertiary/aromatic N) is 1. The molecule has 1 heterocycles. The summed E-state index contributed by atoms with van der Waals surface area (Å²) in [5.41, 5.74) is 0.552. The molecule has 0 aliphatic rings. The average Bonchev–Trinajstić information content (AvgIpc) is 2.92. The molecule has 2 rings (SSSR count). The zero-order chi connectivity index (χ0) is 17.7. The molecule has 8 nitrogen and oxygen atoms in total. The van der Waals surface area contributed by atoms with Crippen molar-refractivity contribution in [3.05, 3.63) is 40.3 Å². The van der Waals surface area contributed by atoms with Crippen LogP contribution in [0.15, 0.2) is 34.2 Å². The number of carbonyl (C=O) groups is 2. The molecule has 0 radical (unpaired) electrons. The molecule has 0 saturated carbocycles. The van der Waals surface area contributed by atoms with E-state index in [2.05, 4.69) is 20.5 Å². The number of carbonyl (C=O) groups excluding carboxylic acids is 2. The van der Waals surface area contributed by atoms with E-state index in [1.807, 2.05) is 0 Å². The Balaban J connectivity index is 1.93. The fourth-order valence-electron chi connectivity index (χ4n) is 1.75. The van der Waals surface area contributed by atoms with Crippen LogP contribution in [0.2, 0.25) is 0 Å². The summed E-state index contributed by atoms with van der Waals surface area (Å²) in [6.45, 7) is 5.25. The number of aromatic nitrogens is 3. The number of amides is 1. The number of H-pyrrole nitrogens is 2. The zero-order valence-corrected chi connectivity index (χ0v) is 14.3. The van der Waals surface area contributed by atoms with Crippen molar-refractivity contribution in [2.24, 2.45) is 0 Å². The first kappa shape index (κ1) is 17.8. The second kappa shape index (κ2) is 7.82. The van der Waals surface area contributed by atoms with Gasteiger partial charge in [0.05, 0.1) is 16.9 Å². The van der Waals surface area contributed by atoms with Crippen LogP contribution >= 0.6 is 11.8 Å². The molecule has 0 bridgehead atoms. The number of hydrogen-bond donors (Lipinski definition) is 3. The highest BCUT2D eigenvalue weighted by Crippen LogP contribution is 2.19. The lowest BCUT2D eigenvalue weighted by Crippen LogP contribution is -2.22. The average molecular weight is 350 g/mol. The number of anilines is 1. The largest absolute Gasteiger partial charge is 0.459 e. The quantitative estimate of drug-likeness (QED) is 0.540. The van der Waals surface area contributed by atoms with E-state index >= 15 is 0 Å². The maximum absolute atomic E-state index is 12.1. The third-order valence-electron chi connectivity index (χ3n) is 2.87. The summed E-state index contributed by atoms with van der Waals surface area (Å²) in [7, 11) is 0. The van der Waals surface area contributed by atoms with Gasteiger partial charge in [0.2, 0.25) is 5.91 Å². The first-order valence-corrected chi connectivity index (χ1v) is 8.16. The lowest BCUT2D eigenvalue weighted by atomic mass is 10.2. The molecule has 1 atom stereocenters. The molecule has 0 saturated heterocycles. The Hall–Kier alpha value is -2.55. The predicted octanol–water partition coefficient (Wildman–Crippen LogP) is 1.78. The number of hydrogen-bond acceptors (Lipinski definition) is 6. The molecular formula is C15H18N4O4S. The summed E-state index contributed by atoms with van der Waals surface area (Å²) < 4.78 is 5.10. The smallest absolute Gasteiger partial charge is 0.341 e. The molecule has 1 aromatic heterocycles. The number of esters is 1. The van der Waals surface area contributed by atoms with Crippen LogP contribution in [-0.2, 0) is 9.53 Å². The highest BCUT2D eigenvalue weighted by molar-refractivity contribution is 8.00. The van der Waals surface area contributed by atoms with Crippen LogP contribution in [0.5, 0.6) is 0 Å².